The van der Waals surface area contributed by atoms with Crippen molar-refractivity contribution in [2.75, 3.05) is 5.32 Å². The van der Waals surface area contributed by atoms with Gasteiger partial charge in [-0.2, -0.15) is 13.2 Å². The SMILES string of the molecule is O=C(Nc1ccccc1Oc1ccccc1)c1coc(-c2ccc(C(F)(F)F)cc2)n1. The van der Waals surface area contributed by atoms with Crippen molar-refractivity contribution >= 4 is 11.6 Å². The van der Waals surface area contributed by atoms with Crippen LogP contribution in [0, 0.1) is 0 Å². The van der Waals surface area contributed by atoms with Gasteiger partial charge in [-0.05, 0) is 48.5 Å². The molecule has 0 atom stereocenters. The standard InChI is InChI=1S/C23H15F3N2O3/c24-23(25,26)16-12-10-15(11-13-16)22-28-19(14-30-22)21(29)27-18-8-4-5-9-20(18)31-17-6-2-1-3-7-17/h1-14H,(H,27,29). The molecule has 0 bridgehead atoms. The van der Waals surface area contributed by atoms with Crippen LogP contribution in [0.3, 0.4) is 0 Å². The Balaban J connectivity index is 1.50. The van der Waals surface area contributed by atoms with E-state index in [0.717, 1.165) is 18.4 Å². The Kier molecular flexibility index (Phi) is 5.44. The fourth-order valence-corrected chi connectivity index (χ4v) is 2.77. The number of rotatable bonds is 5. The first-order valence-corrected chi connectivity index (χ1v) is 9.16. The van der Waals surface area contributed by atoms with Gasteiger partial charge in [0.15, 0.2) is 11.4 Å². The number of nitrogens with zero attached hydrogens (tertiary/aromatic N) is 1. The van der Waals surface area contributed by atoms with Gasteiger partial charge in [-0.3, -0.25) is 4.79 Å². The summed E-state index contributed by atoms with van der Waals surface area (Å²) in [6.45, 7) is 0. The van der Waals surface area contributed by atoms with Gasteiger partial charge in [0.25, 0.3) is 5.91 Å². The molecule has 0 aliphatic carbocycles. The van der Waals surface area contributed by atoms with E-state index in [1.54, 1.807) is 36.4 Å². The summed E-state index contributed by atoms with van der Waals surface area (Å²) >= 11 is 0. The Labute approximate surface area is 175 Å². The second-order valence-corrected chi connectivity index (χ2v) is 6.48. The molecule has 5 nitrogen and oxygen atoms in total. The highest BCUT2D eigenvalue weighted by Gasteiger charge is 2.30. The number of carbonyl (C=O) groups excluding carboxylic acids is 1. The molecular formula is C23H15F3N2O3. The number of oxazole rings is 1. The highest BCUT2D eigenvalue weighted by molar-refractivity contribution is 6.03. The van der Waals surface area contributed by atoms with Crippen LogP contribution in [0.2, 0.25) is 0 Å². The molecular weight excluding hydrogens is 409 g/mol. The largest absolute Gasteiger partial charge is 0.455 e. The molecule has 4 rings (SSSR count). The van der Waals surface area contributed by atoms with Crippen LogP contribution in [0.5, 0.6) is 11.5 Å². The third-order valence-electron chi connectivity index (χ3n) is 4.30. The summed E-state index contributed by atoms with van der Waals surface area (Å²) in [6, 6.07) is 20.3. The molecule has 1 heterocycles. The summed E-state index contributed by atoms with van der Waals surface area (Å²) in [5.74, 6) is 0.530. The molecule has 1 aromatic heterocycles. The number of aromatic nitrogens is 1. The van der Waals surface area contributed by atoms with Crippen LogP contribution < -0.4 is 10.1 Å². The summed E-state index contributed by atoms with van der Waals surface area (Å²) in [5, 5.41) is 2.71. The highest BCUT2D eigenvalue weighted by Crippen LogP contribution is 2.31. The predicted octanol–water partition coefficient (Wildman–Crippen LogP) is 6.41. The van der Waals surface area contributed by atoms with Crippen molar-refractivity contribution in [1.82, 2.24) is 4.98 Å². The van der Waals surface area contributed by atoms with Crippen molar-refractivity contribution in [3.63, 3.8) is 0 Å². The molecule has 0 saturated heterocycles. The van der Waals surface area contributed by atoms with Crippen molar-refractivity contribution < 1.29 is 27.1 Å². The van der Waals surface area contributed by atoms with E-state index in [0.29, 0.717) is 22.7 Å². The van der Waals surface area contributed by atoms with Crippen LogP contribution in [0.4, 0.5) is 18.9 Å². The second-order valence-electron chi connectivity index (χ2n) is 6.48. The lowest BCUT2D eigenvalue weighted by molar-refractivity contribution is -0.137. The van der Waals surface area contributed by atoms with Gasteiger partial charge >= 0.3 is 6.18 Å². The summed E-state index contributed by atoms with van der Waals surface area (Å²) in [5.41, 5.74) is -0.0597. The van der Waals surface area contributed by atoms with Crippen molar-refractivity contribution in [1.29, 1.82) is 0 Å². The number of carbonyl (C=O) groups is 1. The molecule has 1 amide bonds. The smallest absolute Gasteiger partial charge is 0.416 e. The van der Waals surface area contributed by atoms with Crippen molar-refractivity contribution in [3.8, 4) is 23.0 Å². The van der Waals surface area contributed by atoms with Gasteiger partial charge in [-0.15, -0.1) is 0 Å². The van der Waals surface area contributed by atoms with Crippen LogP contribution in [0.1, 0.15) is 16.1 Å². The topological polar surface area (TPSA) is 64.4 Å². The Bertz CT molecular complexity index is 1190. The van der Waals surface area contributed by atoms with Gasteiger partial charge in [-0.25, -0.2) is 4.98 Å². The normalized spacial score (nSPS) is 11.2. The zero-order chi connectivity index (χ0) is 21.8. The second kappa shape index (κ2) is 8.35. The Morgan fingerprint density at radius 2 is 1.58 bits per heavy atom. The minimum absolute atomic E-state index is 0.0237. The first-order valence-electron chi connectivity index (χ1n) is 9.16. The number of amides is 1. The first-order chi connectivity index (χ1) is 14.9. The van der Waals surface area contributed by atoms with E-state index in [2.05, 4.69) is 10.3 Å². The maximum Gasteiger partial charge on any atom is 0.416 e. The lowest BCUT2D eigenvalue weighted by atomic mass is 10.1. The lowest BCUT2D eigenvalue weighted by Gasteiger charge is -2.11. The van der Waals surface area contributed by atoms with Gasteiger partial charge in [0.2, 0.25) is 5.89 Å². The maximum atomic E-state index is 12.7. The number of nitrogens with one attached hydrogen (secondary N) is 1. The zero-order valence-corrected chi connectivity index (χ0v) is 15.9. The van der Waals surface area contributed by atoms with Crippen LogP contribution in [-0.2, 0) is 6.18 Å². The molecule has 0 aliphatic rings. The fraction of sp³-hybridized carbons (Fsp3) is 0.0435. The fourth-order valence-electron chi connectivity index (χ4n) is 2.77. The van der Waals surface area contributed by atoms with E-state index in [-0.39, 0.29) is 11.6 Å². The zero-order valence-electron chi connectivity index (χ0n) is 15.9. The van der Waals surface area contributed by atoms with Gasteiger partial charge in [0.05, 0.1) is 11.3 Å². The number of alkyl halides is 3. The molecule has 0 saturated carbocycles. The highest BCUT2D eigenvalue weighted by atomic mass is 19.4. The number of anilines is 1. The van der Waals surface area contributed by atoms with Gasteiger partial charge in [0, 0.05) is 5.56 Å². The molecule has 3 aromatic carbocycles. The minimum atomic E-state index is -4.44. The molecule has 4 aromatic rings. The Morgan fingerprint density at radius 1 is 0.903 bits per heavy atom. The number of ether oxygens (including phenoxy) is 1. The summed E-state index contributed by atoms with van der Waals surface area (Å²) < 4.78 is 49.2. The number of para-hydroxylation sites is 3. The molecule has 0 unspecified atom stereocenters. The lowest BCUT2D eigenvalue weighted by Crippen LogP contribution is -2.13. The van der Waals surface area contributed by atoms with E-state index in [1.165, 1.54) is 12.1 Å². The van der Waals surface area contributed by atoms with Crippen molar-refractivity contribution in [2.24, 2.45) is 0 Å². The minimum Gasteiger partial charge on any atom is -0.455 e. The third kappa shape index (κ3) is 4.75. The monoisotopic (exact) mass is 424 g/mol. The summed E-state index contributed by atoms with van der Waals surface area (Å²) in [6.07, 6.45) is -3.29. The molecule has 31 heavy (non-hydrogen) atoms. The first kappa shape index (κ1) is 20.2. The van der Waals surface area contributed by atoms with E-state index < -0.39 is 17.6 Å². The van der Waals surface area contributed by atoms with E-state index in [1.807, 2.05) is 18.2 Å². The van der Waals surface area contributed by atoms with Crippen LogP contribution in [0.15, 0.2) is 89.5 Å². The van der Waals surface area contributed by atoms with E-state index >= 15 is 0 Å². The van der Waals surface area contributed by atoms with Crippen LogP contribution in [0.25, 0.3) is 11.5 Å². The quantitative estimate of drug-likeness (QED) is 0.402. The summed E-state index contributed by atoms with van der Waals surface area (Å²) in [4.78, 5) is 16.7. The average Bonchev–Trinajstić information content (AvgIpc) is 3.26. The van der Waals surface area contributed by atoms with Crippen molar-refractivity contribution in [2.45, 2.75) is 6.18 Å². The molecule has 0 spiro atoms. The number of hydrogen-bond donors (Lipinski definition) is 1. The Morgan fingerprint density at radius 3 is 2.29 bits per heavy atom. The van der Waals surface area contributed by atoms with Crippen LogP contribution in [-0.4, -0.2) is 10.9 Å². The van der Waals surface area contributed by atoms with Gasteiger partial charge in [-0.1, -0.05) is 30.3 Å². The predicted molar refractivity (Wildman–Crippen MR) is 108 cm³/mol. The molecule has 8 heteroatoms. The summed E-state index contributed by atoms with van der Waals surface area (Å²) in [7, 11) is 0. The molecule has 0 fully saturated rings. The Hall–Kier alpha value is -4.07. The van der Waals surface area contributed by atoms with Crippen molar-refractivity contribution in [3.05, 3.63) is 96.4 Å². The number of benzene rings is 3. The molecule has 156 valence electrons. The molecule has 0 radical (unpaired) electrons. The van der Waals surface area contributed by atoms with Gasteiger partial charge in [0.1, 0.15) is 12.0 Å². The van der Waals surface area contributed by atoms with E-state index in [9.17, 15) is 18.0 Å². The van der Waals surface area contributed by atoms with Crippen LogP contribution >= 0.6 is 0 Å². The van der Waals surface area contributed by atoms with E-state index in [4.69, 9.17) is 9.15 Å². The maximum absolute atomic E-state index is 12.7. The number of hydrogen-bond acceptors (Lipinski definition) is 4. The third-order valence-corrected chi connectivity index (χ3v) is 4.30. The average molecular weight is 424 g/mol. The number of halogens is 3. The molecule has 0 aliphatic heterocycles. The molecule has 1 N–H and O–H groups in total. The van der Waals surface area contributed by atoms with Gasteiger partial charge < -0.3 is 14.5 Å².